The van der Waals surface area contributed by atoms with Gasteiger partial charge in [0.2, 0.25) is 10.0 Å². The molecular weight excluding hydrogens is 250 g/mol. The highest BCUT2D eigenvalue weighted by atomic mass is 32.2. The Bertz CT molecular complexity index is 545. The lowest BCUT2D eigenvalue weighted by Gasteiger charge is -2.28. The average molecular weight is 262 g/mol. The molecule has 1 saturated heterocycles. The van der Waals surface area contributed by atoms with Crippen molar-refractivity contribution >= 4 is 21.4 Å². The number of anilines is 2. The van der Waals surface area contributed by atoms with Crippen molar-refractivity contribution in [2.24, 2.45) is 0 Å². The largest absolute Gasteiger partial charge is 0.396 e. The third kappa shape index (κ3) is 2.19. The van der Waals surface area contributed by atoms with E-state index in [1.807, 2.05) is 0 Å². The molecule has 1 aromatic rings. The summed E-state index contributed by atoms with van der Waals surface area (Å²) in [5.41, 5.74) is 4.88. The topological polar surface area (TPSA) is 63.4 Å². The van der Waals surface area contributed by atoms with Crippen LogP contribution in [0.15, 0.2) is 12.1 Å². The molecule has 1 fully saturated rings. The molecular formula is C10H12F2N2O2S. The summed E-state index contributed by atoms with van der Waals surface area (Å²) in [5.74, 6) is -1.83. The van der Waals surface area contributed by atoms with Crippen molar-refractivity contribution in [2.45, 2.75) is 12.8 Å². The summed E-state index contributed by atoms with van der Waals surface area (Å²) in [6.45, 7) is 0.199. The molecule has 2 N–H and O–H groups in total. The van der Waals surface area contributed by atoms with Crippen molar-refractivity contribution in [3.8, 4) is 0 Å². The average Bonchev–Trinajstić information content (AvgIpc) is 2.23. The lowest BCUT2D eigenvalue weighted by atomic mass is 10.2. The lowest BCUT2D eigenvalue weighted by molar-refractivity contribution is 0.562. The molecule has 1 aromatic carbocycles. The Labute approximate surface area is 98.1 Å². The van der Waals surface area contributed by atoms with Crippen LogP contribution in [0.1, 0.15) is 12.8 Å². The fraction of sp³-hybridized carbons (Fsp3) is 0.400. The molecule has 0 aliphatic carbocycles. The van der Waals surface area contributed by atoms with Gasteiger partial charge in [-0.1, -0.05) is 0 Å². The van der Waals surface area contributed by atoms with Crippen molar-refractivity contribution in [1.82, 2.24) is 0 Å². The van der Waals surface area contributed by atoms with Crippen LogP contribution in [-0.2, 0) is 10.0 Å². The van der Waals surface area contributed by atoms with E-state index in [4.69, 9.17) is 5.73 Å². The molecule has 17 heavy (non-hydrogen) atoms. The summed E-state index contributed by atoms with van der Waals surface area (Å²) < 4.78 is 51.0. The molecule has 1 heterocycles. The Balaban J connectivity index is 2.50. The minimum Gasteiger partial charge on any atom is -0.396 e. The number of nitrogen functional groups attached to an aromatic ring is 1. The lowest BCUT2D eigenvalue weighted by Crippen LogP contribution is -2.38. The number of rotatable bonds is 1. The van der Waals surface area contributed by atoms with Gasteiger partial charge in [-0.15, -0.1) is 0 Å². The zero-order valence-electron chi connectivity index (χ0n) is 8.99. The van der Waals surface area contributed by atoms with Gasteiger partial charge in [-0.25, -0.2) is 17.2 Å². The van der Waals surface area contributed by atoms with E-state index in [9.17, 15) is 17.2 Å². The van der Waals surface area contributed by atoms with Crippen LogP contribution in [-0.4, -0.2) is 20.7 Å². The zero-order chi connectivity index (χ0) is 12.6. The molecule has 7 heteroatoms. The van der Waals surface area contributed by atoms with Crippen LogP contribution in [0.3, 0.4) is 0 Å². The fourth-order valence-corrected chi connectivity index (χ4v) is 3.44. The fourth-order valence-electron chi connectivity index (χ4n) is 1.80. The summed E-state index contributed by atoms with van der Waals surface area (Å²) in [6.07, 6.45) is 1.20. The Morgan fingerprint density at radius 1 is 1.18 bits per heavy atom. The number of sulfonamides is 1. The molecule has 0 atom stereocenters. The number of hydrogen-bond acceptors (Lipinski definition) is 3. The van der Waals surface area contributed by atoms with Gasteiger partial charge in [0.05, 0.1) is 17.1 Å². The van der Waals surface area contributed by atoms with Gasteiger partial charge in [0.1, 0.15) is 5.82 Å². The predicted molar refractivity (Wildman–Crippen MR) is 61.1 cm³/mol. The van der Waals surface area contributed by atoms with Gasteiger partial charge in [0.25, 0.3) is 0 Å². The minimum absolute atomic E-state index is 0.0241. The number of nitrogens with two attached hydrogens (primary N) is 1. The Morgan fingerprint density at radius 2 is 1.88 bits per heavy atom. The normalized spacial score (nSPS) is 19.3. The third-order valence-electron chi connectivity index (χ3n) is 2.68. The standard InChI is InChI=1S/C10H12F2N2O2S/c11-7-5-8(12)10(6-9(7)13)14-3-1-2-4-17(14,15)16/h5-6H,1-4,13H2. The highest BCUT2D eigenvalue weighted by molar-refractivity contribution is 7.92. The molecule has 1 aliphatic heterocycles. The Kier molecular flexibility index (Phi) is 2.94. The van der Waals surface area contributed by atoms with Crippen LogP contribution in [0.4, 0.5) is 20.2 Å². The summed E-state index contributed by atoms with van der Waals surface area (Å²) in [7, 11) is -3.51. The summed E-state index contributed by atoms with van der Waals surface area (Å²) >= 11 is 0. The van der Waals surface area contributed by atoms with E-state index in [2.05, 4.69) is 0 Å². The molecule has 0 bridgehead atoms. The number of benzene rings is 1. The maximum Gasteiger partial charge on any atom is 0.235 e. The summed E-state index contributed by atoms with van der Waals surface area (Å²) in [6, 6.07) is 1.63. The van der Waals surface area contributed by atoms with E-state index in [1.165, 1.54) is 0 Å². The molecule has 0 spiro atoms. The van der Waals surface area contributed by atoms with Gasteiger partial charge >= 0.3 is 0 Å². The van der Waals surface area contributed by atoms with Gasteiger partial charge in [0.15, 0.2) is 5.82 Å². The van der Waals surface area contributed by atoms with Crippen molar-refractivity contribution in [3.63, 3.8) is 0 Å². The summed E-state index contributed by atoms with van der Waals surface area (Å²) in [5, 5.41) is 0. The summed E-state index contributed by atoms with van der Waals surface area (Å²) in [4.78, 5) is 0. The molecule has 4 nitrogen and oxygen atoms in total. The highest BCUT2D eigenvalue weighted by Crippen LogP contribution is 2.29. The van der Waals surface area contributed by atoms with Crippen LogP contribution in [0.2, 0.25) is 0 Å². The van der Waals surface area contributed by atoms with Gasteiger partial charge in [-0.05, 0) is 18.9 Å². The van der Waals surface area contributed by atoms with E-state index in [0.29, 0.717) is 18.9 Å². The second kappa shape index (κ2) is 4.14. The molecule has 0 radical (unpaired) electrons. The van der Waals surface area contributed by atoms with Crippen LogP contribution in [0, 0.1) is 11.6 Å². The zero-order valence-corrected chi connectivity index (χ0v) is 9.80. The first-order chi connectivity index (χ1) is 7.92. The smallest absolute Gasteiger partial charge is 0.235 e. The second-order valence-corrected chi connectivity index (χ2v) is 5.93. The number of nitrogens with zero attached hydrogens (tertiary/aromatic N) is 1. The maximum atomic E-state index is 13.6. The maximum absolute atomic E-state index is 13.6. The van der Waals surface area contributed by atoms with E-state index in [0.717, 1.165) is 10.4 Å². The number of hydrogen-bond donors (Lipinski definition) is 1. The molecule has 0 amide bonds. The third-order valence-corrected chi connectivity index (χ3v) is 4.54. The highest BCUT2D eigenvalue weighted by Gasteiger charge is 2.28. The quantitative estimate of drug-likeness (QED) is 0.780. The van der Waals surface area contributed by atoms with Gasteiger partial charge < -0.3 is 5.73 Å². The monoisotopic (exact) mass is 262 g/mol. The van der Waals surface area contributed by atoms with Crippen molar-refractivity contribution in [1.29, 1.82) is 0 Å². The SMILES string of the molecule is Nc1cc(N2CCCCS2(=O)=O)c(F)cc1F. The van der Waals surface area contributed by atoms with Gasteiger partial charge in [-0.2, -0.15) is 0 Å². The molecule has 94 valence electrons. The van der Waals surface area contributed by atoms with Crippen LogP contribution in [0.5, 0.6) is 0 Å². The van der Waals surface area contributed by atoms with Crippen LogP contribution in [0.25, 0.3) is 0 Å². The Morgan fingerprint density at radius 3 is 2.53 bits per heavy atom. The van der Waals surface area contributed by atoms with E-state index in [-0.39, 0.29) is 23.7 Å². The van der Waals surface area contributed by atoms with Crippen molar-refractivity contribution in [2.75, 3.05) is 22.3 Å². The second-order valence-electron chi connectivity index (χ2n) is 3.92. The molecule has 0 unspecified atom stereocenters. The van der Waals surface area contributed by atoms with E-state index < -0.39 is 21.7 Å². The van der Waals surface area contributed by atoms with E-state index in [1.54, 1.807) is 0 Å². The molecule has 2 rings (SSSR count). The van der Waals surface area contributed by atoms with Crippen molar-refractivity contribution < 1.29 is 17.2 Å². The van der Waals surface area contributed by atoms with E-state index >= 15 is 0 Å². The number of halogens is 2. The van der Waals surface area contributed by atoms with Crippen LogP contribution < -0.4 is 10.0 Å². The van der Waals surface area contributed by atoms with Crippen LogP contribution >= 0.6 is 0 Å². The molecule has 0 saturated carbocycles. The van der Waals surface area contributed by atoms with Crippen molar-refractivity contribution in [3.05, 3.63) is 23.8 Å². The first-order valence-corrected chi connectivity index (χ1v) is 6.77. The minimum atomic E-state index is -3.51. The first kappa shape index (κ1) is 12.1. The molecule has 1 aliphatic rings. The van der Waals surface area contributed by atoms with Gasteiger partial charge in [0, 0.05) is 12.6 Å². The van der Waals surface area contributed by atoms with Gasteiger partial charge in [-0.3, -0.25) is 4.31 Å². The molecule has 0 aromatic heterocycles. The first-order valence-electron chi connectivity index (χ1n) is 5.17. The Hall–Kier alpha value is -1.37. The predicted octanol–water partition coefficient (Wildman–Crippen LogP) is 1.48.